The van der Waals surface area contributed by atoms with E-state index in [1.807, 2.05) is 30.3 Å². The third-order valence-corrected chi connectivity index (χ3v) is 3.31. The molecule has 2 rings (SSSR count). The lowest BCUT2D eigenvalue weighted by atomic mass is 10.2. The van der Waals surface area contributed by atoms with Crippen molar-refractivity contribution in [3.05, 3.63) is 65.7 Å². The summed E-state index contributed by atoms with van der Waals surface area (Å²) >= 11 is 0. The number of carbonyl (C=O) groups excluding carboxylic acids is 2. The van der Waals surface area contributed by atoms with E-state index in [-0.39, 0.29) is 6.10 Å². The van der Waals surface area contributed by atoms with Crippen LogP contribution in [-0.2, 0) is 20.9 Å². The second kappa shape index (κ2) is 8.87. The normalized spacial score (nSPS) is 11.7. The molecule has 132 valence electrons. The monoisotopic (exact) mass is 342 g/mol. The molecule has 0 saturated heterocycles. The average molecular weight is 342 g/mol. The van der Waals surface area contributed by atoms with Crippen molar-refractivity contribution in [1.29, 1.82) is 0 Å². The van der Waals surface area contributed by atoms with Crippen molar-refractivity contribution in [3.8, 4) is 5.75 Å². The summed E-state index contributed by atoms with van der Waals surface area (Å²) in [6.07, 6.45) is -1.21. The van der Waals surface area contributed by atoms with E-state index in [1.54, 1.807) is 38.1 Å². The van der Waals surface area contributed by atoms with Crippen LogP contribution in [-0.4, -0.2) is 24.1 Å². The van der Waals surface area contributed by atoms with Gasteiger partial charge < -0.3 is 14.2 Å². The zero-order chi connectivity index (χ0) is 18.2. The summed E-state index contributed by atoms with van der Waals surface area (Å²) in [6, 6.07) is 16.4. The molecule has 5 nitrogen and oxygen atoms in total. The second-order valence-electron chi connectivity index (χ2n) is 5.83. The lowest BCUT2D eigenvalue weighted by molar-refractivity contribution is -0.156. The van der Waals surface area contributed by atoms with Crippen molar-refractivity contribution in [2.24, 2.45) is 0 Å². The first kappa shape index (κ1) is 18.5. The molecule has 5 heteroatoms. The molecule has 0 N–H and O–H groups in total. The summed E-state index contributed by atoms with van der Waals surface area (Å²) in [7, 11) is 0. The molecular weight excluding hydrogens is 320 g/mol. The summed E-state index contributed by atoms with van der Waals surface area (Å²) in [4.78, 5) is 23.7. The standard InChI is InChI=1S/C20H22O5/c1-14(2)24-19(21)15(3)25-20(22)17-9-11-18(12-10-17)23-13-16-7-5-4-6-8-16/h4-12,14-15H,13H2,1-3H3/t15-/m0/s1. The molecule has 0 aliphatic heterocycles. The van der Waals surface area contributed by atoms with E-state index >= 15 is 0 Å². The Hall–Kier alpha value is -2.82. The van der Waals surface area contributed by atoms with Gasteiger partial charge in [0, 0.05) is 0 Å². The Balaban J connectivity index is 1.88. The molecule has 0 radical (unpaired) electrons. The summed E-state index contributed by atoms with van der Waals surface area (Å²) in [5, 5.41) is 0. The van der Waals surface area contributed by atoms with Crippen LogP contribution in [0.1, 0.15) is 36.7 Å². The van der Waals surface area contributed by atoms with Crippen molar-refractivity contribution in [2.75, 3.05) is 0 Å². The lowest BCUT2D eigenvalue weighted by Gasteiger charge is -2.14. The third kappa shape index (κ3) is 5.95. The first-order chi connectivity index (χ1) is 12.0. The second-order valence-corrected chi connectivity index (χ2v) is 5.83. The zero-order valence-electron chi connectivity index (χ0n) is 14.6. The highest BCUT2D eigenvalue weighted by Gasteiger charge is 2.21. The minimum Gasteiger partial charge on any atom is -0.489 e. The summed E-state index contributed by atoms with van der Waals surface area (Å²) in [5.74, 6) is -0.498. The van der Waals surface area contributed by atoms with Gasteiger partial charge in [0.2, 0.25) is 0 Å². The fourth-order valence-corrected chi connectivity index (χ4v) is 2.03. The summed E-state index contributed by atoms with van der Waals surface area (Å²) < 4.78 is 15.8. The highest BCUT2D eigenvalue weighted by atomic mass is 16.6. The highest BCUT2D eigenvalue weighted by molar-refractivity contribution is 5.91. The molecular formula is C20H22O5. The largest absolute Gasteiger partial charge is 0.489 e. The molecule has 0 aromatic heterocycles. The number of hydrogen-bond acceptors (Lipinski definition) is 5. The summed E-state index contributed by atoms with van der Waals surface area (Å²) in [5.41, 5.74) is 1.40. The van der Waals surface area contributed by atoms with Crippen LogP contribution >= 0.6 is 0 Å². The number of carbonyl (C=O) groups is 2. The van der Waals surface area contributed by atoms with Crippen molar-refractivity contribution in [3.63, 3.8) is 0 Å². The van der Waals surface area contributed by atoms with E-state index in [4.69, 9.17) is 14.2 Å². The van der Waals surface area contributed by atoms with E-state index in [1.165, 1.54) is 6.92 Å². The Morgan fingerprint density at radius 2 is 1.52 bits per heavy atom. The molecule has 0 aliphatic carbocycles. The van der Waals surface area contributed by atoms with Gasteiger partial charge in [-0.3, -0.25) is 0 Å². The molecule has 0 fully saturated rings. The van der Waals surface area contributed by atoms with Crippen LogP contribution in [0.25, 0.3) is 0 Å². The third-order valence-electron chi connectivity index (χ3n) is 3.31. The molecule has 0 amide bonds. The molecule has 2 aromatic carbocycles. The highest BCUT2D eigenvalue weighted by Crippen LogP contribution is 2.15. The lowest BCUT2D eigenvalue weighted by Crippen LogP contribution is -2.28. The first-order valence-corrected chi connectivity index (χ1v) is 8.14. The van der Waals surface area contributed by atoms with Crippen molar-refractivity contribution >= 4 is 11.9 Å². The van der Waals surface area contributed by atoms with Crippen LogP contribution < -0.4 is 4.74 Å². The maximum atomic E-state index is 12.1. The molecule has 1 atom stereocenters. The minimum atomic E-state index is -0.955. The van der Waals surface area contributed by atoms with E-state index < -0.39 is 18.0 Å². The maximum Gasteiger partial charge on any atom is 0.347 e. The first-order valence-electron chi connectivity index (χ1n) is 8.14. The van der Waals surface area contributed by atoms with Crippen LogP contribution in [0, 0.1) is 0 Å². The van der Waals surface area contributed by atoms with Crippen LogP contribution in [0.3, 0.4) is 0 Å². The van der Waals surface area contributed by atoms with E-state index in [0.29, 0.717) is 17.9 Å². The fourth-order valence-electron chi connectivity index (χ4n) is 2.03. The number of benzene rings is 2. The topological polar surface area (TPSA) is 61.8 Å². The molecule has 0 bridgehead atoms. The van der Waals surface area contributed by atoms with Crippen LogP contribution in [0.4, 0.5) is 0 Å². The number of hydrogen-bond donors (Lipinski definition) is 0. The Kier molecular flexibility index (Phi) is 6.57. The number of ether oxygens (including phenoxy) is 3. The summed E-state index contributed by atoms with van der Waals surface area (Å²) in [6.45, 7) is 5.41. The van der Waals surface area contributed by atoms with Crippen LogP contribution in [0.5, 0.6) is 5.75 Å². The van der Waals surface area contributed by atoms with Gasteiger partial charge in [0.05, 0.1) is 11.7 Å². The number of rotatable bonds is 7. The number of esters is 2. The molecule has 0 unspecified atom stereocenters. The van der Waals surface area contributed by atoms with Gasteiger partial charge in [0.1, 0.15) is 12.4 Å². The Bertz CT molecular complexity index is 692. The Labute approximate surface area is 147 Å². The maximum absolute atomic E-state index is 12.1. The van der Waals surface area contributed by atoms with E-state index in [9.17, 15) is 9.59 Å². The van der Waals surface area contributed by atoms with Gasteiger partial charge in [-0.15, -0.1) is 0 Å². The van der Waals surface area contributed by atoms with E-state index in [2.05, 4.69) is 0 Å². The van der Waals surface area contributed by atoms with Gasteiger partial charge in [0.25, 0.3) is 0 Å². The molecule has 0 saturated carbocycles. The van der Waals surface area contributed by atoms with Crippen molar-refractivity contribution in [1.82, 2.24) is 0 Å². The zero-order valence-corrected chi connectivity index (χ0v) is 14.6. The van der Waals surface area contributed by atoms with Gasteiger partial charge in [-0.25, -0.2) is 9.59 Å². The Morgan fingerprint density at radius 1 is 0.880 bits per heavy atom. The van der Waals surface area contributed by atoms with Crippen molar-refractivity contribution in [2.45, 2.75) is 39.6 Å². The predicted molar refractivity (Wildman–Crippen MR) is 93.3 cm³/mol. The van der Waals surface area contributed by atoms with Crippen LogP contribution in [0.2, 0.25) is 0 Å². The quantitative estimate of drug-likeness (QED) is 0.717. The van der Waals surface area contributed by atoms with E-state index in [0.717, 1.165) is 5.56 Å². The molecule has 0 spiro atoms. The predicted octanol–water partition coefficient (Wildman–Crippen LogP) is 3.76. The average Bonchev–Trinajstić information content (AvgIpc) is 2.60. The van der Waals surface area contributed by atoms with Crippen molar-refractivity contribution < 1.29 is 23.8 Å². The smallest absolute Gasteiger partial charge is 0.347 e. The van der Waals surface area contributed by atoms with Crippen LogP contribution in [0.15, 0.2) is 54.6 Å². The van der Waals surface area contributed by atoms with Gasteiger partial charge in [0.15, 0.2) is 6.10 Å². The van der Waals surface area contributed by atoms with Gasteiger partial charge in [-0.1, -0.05) is 30.3 Å². The molecule has 2 aromatic rings. The van der Waals surface area contributed by atoms with Gasteiger partial charge in [-0.2, -0.15) is 0 Å². The Morgan fingerprint density at radius 3 is 2.12 bits per heavy atom. The molecule has 25 heavy (non-hydrogen) atoms. The SMILES string of the molecule is CC(C)OC(=O)[C@H](C)OC(=O)c1ccc(OCc2ccccc2)cc1. The molecule has 0 heterocycles. The van der Waals surface area contributed by atoms with Gasteiger partial charge >= 0.3 is 11.9 Å². The fraction of sp³-hybridized carbons (Fsp3) is 0.300. The van der Waals surface area contributed by atoms with Gasteiger partial charge in [-0.05, 0) is 50.6 Å². The molecule has 0 aliphatic rings. The minimum absolute atomic E-state index is 0.255.